The van der Waals surface area contributed by atoms with Gasteiger partial charge in [0.25, 0.3) is 0 Å². The van der Waals surface area contributed by atoms with Crippen LogP contribution in [0.2, 0.25) is 5.02 Å². The van der Waals surface area contributed by atoms with Crippen molar-refractivity contribution in [2.75, 3.05) is 0 Å². The third-order valence-corrected chi connectivity index (χ3v) is 3.20. The fourth-order valence-electron chi connectivity index (χ4n) is 1.84. The first-order valence-electron chi connectivity index (χ1n) is 6.15. The Morgan fingerprint density at radius 3 is 2.65 bits per heavy atom. The number of Topliss-reactive ketones (excluding diaryl/α,β-unsaturated/α-hetero) is 1. The van der Waals surface area contributed by atoms with Gasteiger partial charge in [-0.2, -0.15) is 0 Å². The number of rotatable bonds is 4. The maximum absolute atomic E-state index is 13.3. The summed E-state index contributed by atoms with van der Waals surface area (Å²) >= 11 is 5.62. The summed E-state index contributed by atoms with van der Waals surface area (Å²) in [4.78, 5) is 11.6. The molecule has 0 aromatic heterocycles. The summed E-state index contributed by atoms with van der Waals surface area (Å²) in [6.07, 6.45) is 0. The largest absolute Gasteiger partial charge is 0.488 e. The lowest BCUT2D eigenvalue weighted by Crippen LogP contribution is -2.02. The van der Waals surface area contributed by atoms with Crippen molar-refractivity contribution in [2.24, 2.45) is 0 Å². The predicted molar refractivity (Wildman–Crippen MR) is 76.9 cm³/mol. The number of ether oxygens (including phenoxy) is 1. The second-order valence-electron chi connectivity index (χ2n) is 4.59. The molecule has 0 atom stereocenters. The van der Waals surface area contributed by atoms with E-state index >= 15 is 0 Å². The van der Waals surface area contributed by atoms with Crippen LogP contribution in [0.4, 0.5) is 4.39 Å². The van der Waals surface area contributed by atoms with Crippen LogP contribution < -0.4 is 4.74 Å². The maximum Gasteiger partial charge on any atom is 0.163 e. The highest BCUT2D eigenvalue weighted by molar-refractivity contribution is 6.30. The number of benzene rings is 2. The lowest BCUT2D eigenvalue weighted by Gasteiger charge is -2.11. The van der Waals surface area contributed by atoms with E-state index in [2.05, 4.69) is 0 Å². The molecule has 2 rings (SSSR count). The van der Waals surface area contributed by atoms with E-state index in [-0.39, 0.29) is 17.4 Å². The Hall–Kier alpha value is -1.87. The fraction of sp³-hybridized carbons (Fsp3) is 0.188. The number of ketones is 1. The molecule has 2 aromatic carbocycles. The first-order chi connectivity index (χ1) is 9.47. The molecule has 0 unspecified atom stereocenters. The van der Waals surface area contributed by atoms with Gasteiger partial charge < -0.3 is 4.74 Å². The number of carbonyl (C=O) groups excluding carboxylic acids is 1. The van der Waals surface area contributed by atoms with Crippen LogP contribution in [0.25, 0.3) is 0 Å². The third-order valence-electron chi connectivity index (χ3n) is 2.89. The van der Waals surface area contributed by atoms with E-state index in [4.69, 9.17) is 16.3 Å². The van der Waals surface area contributed by atoms with Crippen molar-refractivity contribution in [3.8, 4) is 5.75 Å². The zero-order valence-corrected chi connectivity index (χ0v) is 12.0. The van der Waals surface area contributed by atoms with Crippen LogP contribution in [0.3, 0.4) is 0 Å². The van der Waals surface area contributed by atoms with E-state index < -0.39 is 5.82 Å². The zero-order valence-electron chi connectivity index (χ0n) is 11.2. The number of carbonyl (C=O) groups is 1. The van der Waals surface area contributed by atoms with E-state index in [1.807, 2.05) is 13.0 Å². The molecule has 0 aliphatic carbocycles. The van der Waals surface area contributed by atoms with Crippen molar-refractivity contribution in [3.05, 3.63) is 63.9 Å². The minimum atomic E-state index is -0.483. The van der Waals surface area contributed by atoms with Crippen LogP contribution in [0.5, 0.6) is 5.75 Å². The third kappa shape index (κ3) is 3.36. The van der Waals surface area contributed by atoms with E-state index in [0.717, 1.165) is 5.56 Å². The van der Waals surface area contributed by atoms with Crippen LogP contribution in [-0.4, -0.2) is 5.78 Å². The minimum absolute atomic E-state index is 0.0639. The van der Waals surface area contributed by atoms with Gasteiger partial charge in [-0.15, -0.1) is 0 Å². The molecule has 0 bridgehead atoms. The number of hydrogen-bond donors (Lipinski definition) is 0. The summed E-state index contributed by atoms with van der Waals surface area (Å²) in [6, 6.07) is 9.89. The van der Waals surface area contributed by atoms with Gasteiger partial charge >= 0.3 is 0 Å². The molecule has 2 nitrogen and oxygen atoms in total. The molecule has 20 heavy (non-hydrogen) atoms. The van der Waals surface area contributed by atoms with E-state index in [0.29, 0.717) is 16.9 Å². The number of halogens is 2. The molecule has 104 valence electrons. The van der Waals surface area contributed by atoms with Gasteiger partial charge in [0.15, 0.2) is 5.78 Å². The van der Waals surface area contributed by atoms with Gasteiger partial charge in [-0.25, -0.2) is 4.39 Å². The Bertz CT molecular complexity index is 653. The van der Waals surface area contributed by atoms with Gasteiger partial charge in [0, 0.05) is 0 Å². The molecular formula is C16H14ClFO2. The number of aryl methyl sites for hydroxylation is 1. The van der Waals surface area contributed by atoms with Gasteiger partial charge in [0.2, 0.25) is 0 Å². The van der Waals surface area contributed by atoms with Crippen molar-refractivity contribution in [2.45, 2.75) is 20.5 Å². The van der Waals surface area contributed by atoms with Gasteiger partial charge in [0.05, 0.1) is 10.6 Å². The van der Waals surface area contributed by atoms with Crippen molar-refractivity contribution in [1.82, 2.24) is 0 Å². The highest BCUT2D eigenvalue weighted by atomic mass is 35.5. The molecule has 0 aliphatic heterocycles. The van der Waals surface area contributed by atoms with E-state index in [1.165, 1.54) is 19.1 Å². The molecule has 4 heteroatoms. The second-order valence-corrected chi connectivity index (χ2v) is 5.00. The van der Waals surface area contributed by atoms with Gasteiger partial charge in [-0.05, 0) is 43.7 Å². The first kappa shape index (κ1) is 14.5. The number of hydrogen-bond acceptors (Lipinski definition) is 2. The fourth-order valence-corrected chi connectivity index (χ4v) is 1.95. The summed E-state index contributed by atoms with van der Waals surface area (Å²) in [6.45, 7) is 3.58. The lowest BCUT2D eigenvalue weighted by atomic mass is 10.1. The molecule has 0 spiro atoms. The van der Waals surface area contributed by atoms with Crippen molar-refractivity contribution >= 4 is 17.4 Å². The summed E-state index contributed by atoms with van der Waals surface area (Å²) in [5.41, 5.74) is 2.17. The Balaban J connectivity index is 2.18. The standard InChI is InChI=1S/C16H14ClFO2/c1-10-3-6-16(13(7-10)11(2)19)20-9-12-4-5-14(17)15(18)8-12/h3-8H,9H2,1-2H3. The van der Waals surface area contributed by atoms with Crippen LogP contribution in [-0.2, 0) is 6.61 Å². The lowest BCUT2D eigenvalue weighted by molar-refractivity contribution is 0.101. The first-order valence-corrected chi connectivity index (χ1v) is 6.53. The Labute approximate surface area is 122 Å². The highest BCUT2D eigenvalue weighted by Gasteiger charge is 2.09. The van der Waals surface area contributed by atoms with Gasteiger partial charge in [0.1, 0.15) is 18.2 Å². The topological polar surface area (TPSA) is 26.3 Å². The van der Waals surface area contributed by atoms with Gasteiger partial charge in [-0.1, -0.05) is 29.3 Å². The molecule has 0 fully saturated rings. The Morgan fingerprint density at radius 1 is 1.25 bits per heavy atom. The van der Waals surface area contributed by atoms with Crippen LogP contribution in [0.15, 0.2) is 36.4 Å². The molecule has 0 aliphatic rings. The maximum atomic E-state index is 13.3. The van der Waals surface area contributed by atoms with Crippen molar-refractivity contribution in [3.63, 3.8) is 0 Å². The monoisotopic (exact) mass is 292 g/mol. The molecule has 0 saturated heterocycles. The van der Waals surface area contributed by atoms with Gasteiger partial charge in [-0.3, -0.25) is 4.79 Å². The van der Waals surface area contributed by atoms with E-state index in [1.54, 1.807) is 18.2 Å². The SMILES string of the molecule is CC(=O)c1cc(C)ccc1OCc1ccc(Cl)c(F)c1. The van der Waals surface area contributed by atoms with Crippen LogP contribution >= 0.6 is 11.6 Å². The average molecular weight is 293 g/mol. The highest BCUT2D eigenvalue weighted by Crippen LogP contribution is 2.22. The molecular weight excluding hydrogens is 279 g/mol. The van der Waals surface area contributed by atoms with Crippen molar-refractivity contribution < 1.29 is 13.9 Å². The second kappa shape index (κ2) is 6.06. The van der Waals surface area contributed by atoms with Crippen LogP contribution in [0.1, 0.15) is 28.4 Å². The molecule has 2 aromatic rings. The van der Waals surface area contributed by atoms with Crippen molar-refractivity contribution in [1.29, 1.82) is 0 Å². The van der Waals surface area contributed by atoms with Crippen LogP contribution in [0, 0.1) is 12.7 Å². The zero-order chi connectivity index (χ0) is 14.7. The summed E-state index contributed by atoms with van der Waals surface area (Å²) in [5, 5.41) is 0.0773. The molecule has 0 N–H and O–H groups in total. The summed E-state index contributed by atoms with van der Waals surface area (Å²) in [5.74, 6) is -0.0482. The normalized spacial score (nSPS) is 10.4. The molecule has 0 saturated carbocycles. The quantitative estimate of drug-likeness (QED) is 0.772. The Morgan fingerprint density at radius 2 is 2.00 bits per heavy atom. The predicted octanol–water partition coefficient (Wildman–Crippen LogP) is 4.57. The smallest absolute Gasteiger partial charge is 0.163 e. The Kier molecular flexibility index (Phi) is 4.40. The molecule has 0 amide bonds. The minimum Gasteiger partial charge on any atom is -0.488 e. The summed E-state index contributed by atoms with van der Waals surface area (Å²) in [7, 11) is 0. The summed E-state index contributed by atoms with van der Waals surface area (Å²) < 4.78 is 18.9. The molecule has 0 heterocycles. The van der Waals surface area contributed by atoms with E-state index in [9.17, 15) is 9.18 Å². The average Bonchev–Trinajstić information content (AvgIpc) is 2.41. The molecule has 0 radical (unpaired) electrons.